The van der Waals surface area contributed by atoms with Gasteiger partial charge in [0, 0.05) is 13.6 Å². The Labute approximate surface area is 127 Å². The van der Waals surface area contributed by atoms with Crippen molar-refractivity contribution in [3.63, 3.8) is 0 Å². The van der Waals surface area contributed by atoms with E-state index in [0.29, 0.717) is 17.7 Å². The average Bonchev–Trinajstić information content (AvgIpc) is 2.49. The van der Waals surface area contributed by atoms with Crippen molar-refractivity contribution in [1.82, 2.24) is 9.88 Å². The van der Waals surface area contributed by atoms with E-state index in [4.69, 9.17) is 22.6 Å². The Morgan fingerprint density at radius 1 is 1.43 bits per heavy atom. The van der Waals surface area contributed by atoms with Crippen molar-refractivity contribution in [2.24, 2.45) is 0 Å². The second-order valence-corrected chi connectivity index (χ2v) is 4.95. The van der Waals surface area contributed by atoms with Crippen LogP contribution >= 0.6 is 11.6 Å². The third kappa shape index (κ3) is 3.50. The molecular weight excluding hydrogens is 288 g/mol. The first-order chi connectivity index (χ1) is 10.0. The Hall–Kier alpha value is -2.58. The minimum atomic E-state index is -0.235. The summed E-state index contributed by atoms with van der Waals surface area (Å²) in [6.07, 6.45) is 1.37. The van der Waals surface area contributed by atoms with E-state index < -0.39 is 0 Å². The SMILES string of the molecule is CN(Cc1ccc(C#N)cc1)C(=O)c1cc(Cl)ncc1N. The minimum absolute atomic E-state index is 0.222. The van der Waals surface area contributed by atoms with Crippen LogP contribution in [0.3, 0.4) is 0 Å². The second kappa shape index (κ2) is 6.25. The van der Waals surface area contributed by atoms with E-state index in [1.807, 2.05) is 12.1 Å². The maximum atomic E-state index is 12.4. The Morgan fingerprint density at radius 3 is 2.71 bits per heavy atom. The summed E-state index contributed by atoms with van der Waals surface area (Å²) in [7, 11) is 1.67. The number of anilines is 1. The lowest BCUT2D eigenvalue weighted by molar-refractivity contribution is 0.0786. The van der Waals surface area contributed by atoms with Gasteiger partial charge in [-0.1, -0.05) is 23.7 Å². The van der Waals surface area contributed by atoms with Crippen molar-refractivity contribution in [1.29, 1.82) is 5.26 Å². The molecule has 0 saturated carbocycles. The molecule has 1 aromatic carbocycles. The Balaban J connectivity index is 2.15. The summed E-state index contributed by atoms with van der Waals surface area (Å²) < 4.78 is 0. The molecule has 1 aromatic heterocycles. The topological polar surface area (TPSA) is 83.0 Å². The molecule has 0 aliphatic heterocycles. The van der Waals surface area contributed by atoms with Crippen LogP contribution in [0.25, 0.3) is 0 Å². The van der Waals surface area contributed by atoms with Gasteiger partial charge in [-0.3, -0.25) is 4.79 Å². The van der Waals surface area contributed by atoms with Gasteiger partial charge in [0.1, 0.15) is 5.15 Å². The standard InChI is InChI=1S/C15H13ClN4O/c1-20(9-11-4-2-10(7-17)3-5-11)15(21)12-6-14(16)19-8-13(12)18/h2-6,8H,9,18H2,1H3. The summed E-state index contributed by atoms with van der Waals surface area (Å²) in [6, 6.07) is 10.6. The van der Waals surface area contributed by atoms with Gasteiger partial charge in [0.15, 0.2) is 0 Å². The highest BCUT2D eigenvalue weighted by Gasteiger charge is 2.16. The first-order valence-corrected chi connectivity index (χ1v) is 6.54. The zero-order chi connectivity index (χ0) is 15.4. The molecule has 5 nitrogen and oxygen atoms in total. The van der Waals surface area contributed by atoms with E-state index >= 15 is 0 Å². The lowest BCUT2D eigenvalue weighted by atomic mass is 10.1. The molecule has 0 aliphatic carbocycles. The summed E-state index contributed by atoms with van der Waals surface area (Å²) in [4.78, 5) is 17.7. The molecule has 2 N–H and O–H groups in total. The van der Waals surface area contributed by atoms with Gasteiger partial charge in [0.2, 0.25) is 0 Å². The number of nitrogens with zero attached hydrogens (tertiary/aromatic N) is 3. The summed E-state index contributed by atoms with van der Waals surface area (Å²) in [5.41, 5.74) is 7.87. The first kappa shape index (κ1) is 14.8. The quantitative estimate of drug-likeness (QED) is 0.883. The summed E-state index contributed by atoms with van der Waals surface area (Å²) >= 11 is 5.79. The molecule has 2 rings (SSSR count). The van der Waals surface area contributed by atoms with Gasteiger partial charge in [0.05, 0.1) is 29.1 Å². The van der Waals surface area contributed by atoms with Crippen LogP contribution in [0.5, 0.6) is 0 Å². The second-order valence-electron chi connectivity index (χ2n) is 4.56. The van der Waals surface area contributed by atoms with Crippen molar-refractivity contribution in [3.05, 3.63) is 58.4 Å². The summed E-state index contributed by atoms with van der Waals surface area (Å²) in [5.74, 6) is -0.235. The number of halogens is 1. The van der Waals surface area contributed by atoms with Crippen molar-refractivity contribution < 1.29 is 4.79 Å². The molecule has 0 fully saturated rings. The van der Waals surface area contributed by atoms with Gasteiger partial charge in [0.25, 0.3) is 5.91 Å². The van der Waals surface area contributed by atoms with Crippen LogP contribution in [-0.2, 0) is 6.54 Å². The lowest BCUT2D eigenvalue weighted by Crippen LogP contribution is -2.27. The number of rotatable bonds is 3. The molecule has 2 aromatic rings. The van der Waals surface area contributed by atoms with Crippen LogP contribution < -0.4 is 5.73 Å². The van der Waals surface area contributed by atoms with E-state index in [1.54, 1.807) is 19.2 Å². The van der Waals surface area contributed by atoms with E-state index in [0.717, 1.165) is 5.56 Å². The van der Waals surface area contributed by atoms with Crippen LogP contribution in [-0.4, -0.2) is 22.8 Å². The number of nitriles is 1. The molecule has 0 atom stereocenters. The van der Waals surface area contributed by atoms with Crippen molar-refractivity contribution >= 4 is 23.2 Å². The van der Waals surface area contributed by atoms with Gasteiger partial charge in [-0.15, -0.1) is 0 Å². The van der Waals surface area contributed by atoms with Crippen LogP contribution in [0.2, 0.25) is 5.15 Å². The Morgan fingerprint density at radius 2 is 2.10 bits per heavy atom. The number of benzene rings is 1. The number of nitrogens with two attached hydrogens (primary N) is 1. The van der Waals surface area contributed by atoms with E-state index in [-0.39, 0.29) is 16.7 Å². The van der Waals surface area contributed by atoms with Crippen LogP contribution in [0, 0.1) is 11.3 Å². The number of carbonyl (C=O) groups excluding carboxylic acids is 1. The Bertz CT molecular complexity index is 707. The fraction of sp³-hybridized carbons (Fsp3) is 0.133. The van der Waals surface area contributed by atoms with Crippen LogP contribution in [0.15, 0.2) is 36.5 Å². The van der Waals surface area contributed by atoms with Crippen LogP contribution in [0.1, 0.15) is 21.5 Å². The van der Waals surface area contributed by atoms with E-state index in [2.05, 4.69) is 11.1 Å². The zero-order valence-corrected chi connectivity index (χ0v) is 12.1. The predicted octanol–water partition coefficient (Wildman–Crippen LogP) is 2.46. The molecule has 6 heteroatoms. The van der Waals surface area contributed by atoms with E-state index in [9.17, 15) is 4.79 Å². The number of amides is 1. The third-order valence-electron chi connectivity index (χ3n) is 2.98. The highest BCUT2D eigenvalue weighted by atomic mass is 35.5. The monoisotopic (exact) mass is 300 g/mol. The van der Waals surface area contributed by atoms with Crippen LogP contribution in [0.4, 0.5) is 5.69 Å². The van der Waals surface area contributed by atoms with Gasteiger partial charge < -0.3 is 10.6 Å². The summed E-state index contributed by atoms with van der Waals surface area (Å²) in [6.45, 7) is 0.407. The summed E-state index contributed by atoms with van der Waals surface area (Å²) in [5, 5.41) is 8.98. The normalized spacial score (nSPS) is 9.95. The number of nitrogen functional groups attached to an aromatic ring is 1. The number of pyridine rings is 1. The van der Waals surface area contributed by atoms with Gasteiger partial charge in [-0.2, -0.15) is 5.26 Å². The molecule has 1 heterocycles. The smallest absolute Gasteiger partial charge is 0.256 e. The molecule has 1 amide bonds. The van der Waals surface area contributed by atoms with Gasteiger partial charge in [-0.05, 0) is 23.8 Å². The van der Waals surface area contributed by atoms with Gasteiger partial charge in [-0.25, -0.2) is 4.98 Å². The van der Waals surface area contributed by atoms with E-state index in [1.165, 1.54) is 17.2 Å². The first-order valence-electron chi connectivity index (χ1n) is 6.17. The predicted molar refractivity (Wildman–Crippen MR) is 80.6 cm³/mol. The zero-order valence-electron chi connectivity index (χ0n) is 11.4. The highest BCUT2D eigenvalue weighted by molar-refractivity contribution is 6.29. The minimum Gasteiger partial charge on any atom is -0.397 e. The Kier molecular flexibility index (Phi) is 4.41. The van der Waals surface area contributed by atoms with Crippen molar-refractivity contribution in [2.75, 3.05) is 12.8 Å². The largest absolute Gasteiger partial charge is 0.397 e. The highest BCUT2D eigenvalue weighted by Crippen LogP contribution is 2.17. The lowest BCUT2D eigenvalue weighted by Gasteiger charge is -2.18. The fourth-order valence-electron chi connectivity index (χ4n) is 1.86. The average molecular weight is 301 g/mol. The molecule has 106 valence electrons. The molecule has 0 unspecified atom stereocenters. The van der Waals surface area contributed by atoms with Crippen molar-refractivity contribution in [3.8, 4) is 6.07 Å². The molecular formula is C15H13ClN4O. The number of aromatic nitrogens is 1. The number of hydrogen-bond acceptors (Lipinski definition) is 4. The molecule has 0 radical (unpaired) electrons. The van der Waals surface area contributed by atoms with Gasteiger partial charge >= 0.3 is 0 Å². The van der Waals surface area contributed by atoms with Crippen molar-refractivity contribution in [2.45, 2.75) is 6.54 Å². The maximum Gasteiger partial charge on any atom is 0.256 e. The molecule has 0 saturated heterocycles. The molecule has 0 bridgehead atoms. The number of hydrogen-bond donors (Lipinski definition) is 1. The number of carbonyl (C=O) groups is 1. The maximum absolute atomic E-state index is 12.4. The molecule has 21 heavy (non-hydrogen) atoms. The third-order valence-corrected chi connectivity index (χ3v) is 3.19. The fourth-order valence-corrected chi connectivity index (χ4v) is 2.02. The molecule has 0 aliphatic rings. The molecule has 0 spiro atoms.